The van der Waals surface area contributed by atoms with Gasteiger partial charge in [0.15, 0.2) is 0 Å². The first-order chi connectivity index (χ1) is 9.55. The molecule has 0 aromatic heterocycles. The van der Waals surface area contributed by atoms with Crippen LogP contribution in [0.1, 0.15) is 30.9 Å². The average Bonchev–Trinajstić information content (AvgIpc) is 3.24. The van der Waals surface area contributed by atoms with Crippen molar-refractivity contribution in [1.82, 2.24) is 0 Å². The van der Waals surface area contributed by atoms with Gasteiger partial charge in [0.1, 0.15) is 11.4 Å². The molecule has 2 aromatic rings. The molecular formula is C17H17ClO2. The summed E-state index contributed by atoms with van der Waals surface area (Å²) >= 11 is 5.88. The summed E-state index contributed by atoms with van der Waals surface area (Å²) in [4.78, 5) is 0. The van der Waals surface area contributed by atoms with Crippen molar-refractivity contribution >= 4 is 11.6 Å². The summed E-state index contributed by atoms with van der Waals surface area (Å²) in [5.74, 6) is 0.864. The molecule has 1 N–H and O–H groups in total. The highest BCUT2D eigenvalue weighted by Crippen LogP contribution is 2.32. The molecule has 1 fully saturated rings. The fourth-order valence-corrected chi connectivity index (χ4v) is 2.30. The molecule has 2 nitrogen and oxygen atoms in total. The zero-order valence-electron chi connectivity index (χ0n) is 11.3. The molecule has 2 aromatic carbocycles. The van der Waals surface area contributed by atoms with Crippen LogP contribution in [0, 0.1) is 0 Å². The van der Waals surface area contributed by atoms with Gasteiger partial charge < -0.3 is 9.84 Å². The minimum Gasteiger partial charge on any atom is -0.490 e. The highest BCUT2D eigenvalue weighted by Gasteiger charge is 2.26. The second kappa shape index (κ2) is 5.12. The van der Waals surface area contributed by atoms with E-state index < -0.39 is 5.60 Å². The van der Waals surface area contributed by atoms with Crippen molar-refractivity contribution in [3.8, 4) is 5.75 Å². The van der Waals surface area contributed by atoms with E-state index in [1.54, 1.807) is 19.1 Å². The first kappa shape index (κ1) is 13.5. The number of hydrogen-bond donors (Lipinski definition) is 1. The van der Waals surface area contributed by atoms with Crippen LogP contribution in [0.15, 0.2) is 48.5 Å². The Morgan fingerprint density at radius 3 is 2.00 bits per heavy atom. The van der Waals surface area contributed by atoms with E-state index in [0.717, 1.165) is 29.7 Å². The Bertz CT molecular complexity index is 583. The summed E-state index contributed by atoms with van der Waals surface area (Å²) < 4.78 is 5.72. The maximum absolute atomic E-state index is 10.7. The van der Waals surface area contributed by atoms with Gasteiger partial charge in [-0.2, -0.15) is 0 Å². The van der Waals surface area contributed by atoms with Crippen LogP contribution < -0.4 is 4.74 Å². The standard InChI is InChI=1S/C17H17ClO2/c1-17(19,12-2-6-14(18)7-3-12)13-4-8-15(9-5-13)20-16-10-11-16/h2-9,16,19H,10-11H2,1H3. The number of ether oxygens (including phenoxy) is 1. The van der Waals surface area contributed by atoms with Gasteiger partial charge in [0.25, 0.3) is 0 Å². The predicted molar refractivity (Wildman–Crippen MR) is 80.2 cm³/mol. The molecule has 0 aliphatic heterocycles. The van der Waals surface area contributed by atoms with Crippen LogP contribution in [0.4, 0.5) is 0 Å². The summed E-state index contributed by atoms with van der Waals surface area (Å²) in [5.41, 5.74) is 0.614. The molecule has 1 aliphatic carbocycles. The molecule has 0 spiro atoms. The van der Waals surface area contributed by atoms with E-state index in [0.29, 0.717) is 11.1 Å². The molecule has 1 atom stereocenters. The monoisotopic (exact) mass is 288 g/mol. The lowest BCUT2D eigenvalue weighted by molar-refractivity contribution is 0.102. The van der Waals surface area contributed by atoms with Crippen LogP contribution in [0.25, 0.3) is 0 Å². The maximum Gasteiger partial charge on any atom is 0.119 e. The van der Waals surface area contributed by atoms with Crippen LogP contribution >= 0.6 is 11.6 Å². The molecule has 0 radical (unpaired) electrons. The van der Waals surface area contributed by atoms with E-state index in [1.807, 2.05) is 36.4 Å². The van der Waals surface area contributed by atoms with Gasteiger partial charge in [-0.05, 0) is 55.2 Å². The first-order valence-corrected chi connectivity index (χ1v) is 7.19. The Kier molecular flexibility index (Phi) is 3.45. The van der Waals surface area contributed by atoms with Crippen LogP contribution in [-0.2, 0) is 5.60 Å². The lowest BCUT2D eigenvalue weighted by atomic mass is 9.88. The zero-order chi connectivity index (χ0) is 14.2. The highest BCUT2D eigenvalue weighted by atomic mass is 35.5. The smallest absolute Gasteiger partial charge is 0.119 e. The molecule has 0 saturated heterocycles. The summed E-state index contributed by atoms with van der Waals surface area (Å²) in [5, 5.41) is 11.4. The normalized spacial score (nSPS) is 17.6. The number of halogens is 1. The Balaban J connectivity index is 1.83. The van der Waals surface area contributed by atoms with Crippen LogP contribution in [0.2, 0.25) is 5.02 Å². The Morgan fingerprint density at radius 1 is 1.00 bits per heavy atom. The largest absolute Gasteiger partial charge is 0.490 e. The minimum atomic E-state index is -1.04. The van der Waals surface area contributed by atoms with E-state index in [9.17, 15) is 5.11 Å². The first-order valence-electron chi connectivity index (χ1n) is 6.81. The molecule has 1 unspecified atom stereocenters. The molecule has 1 saturated carbocycles. The lowest BCUT2D eigenvalue weighted by Gasteiger charge is -2.24. The van der Waals surface area contributed by atoms with Crippen molar-refractivity contribution in [1.29, 1.82) is 0 Å². The van der Waals surface area contributed by atoms with Gasteiger partial charge in [0.05, 0.1) is 6.10 Å². The third-order valence-corrected chi connectivity index (χ3v) is 3.90. The molecule has 0 heterocycles. The van der Waals surface area contributed by atoms with Gasteiger partial charge in [-0.1, -0.05) is 35.9 Å². The maximum atomic E-state index is 10.7. The third kappa shape index (κ3) is 2.82. The minimum absolute atomic E-state index is 0.387. The van der Waals surface area contributed by atoms with Crippen LogP contribution in [0.3, 0.4) is 0 Å². The van der Waals surface area contributed by atoms with Gasteiger partial charge in [0.2, 0.25) is 0 Å². The van der Waals surface area contributed by atoms with Crippen molar-refractivity contribution in [2.45, 2.75) is 31.5 Å². The topological polar surface area (TPSA) is 29.5 Å². The van der Waals surface area contributed by atoms with Gasteiger partial charge in [-0.3, -0.25) is 0 Å². The van der Waals surface area contributed by atoms with E-state index >= 15 is 0 Å². The van der Waals surface area contributed by atoms with Crippen molar-refractivity contribution in [2.75, 3.05) is 0 Å². The second-order valence-corrected chi connectivity index (χ2v) is 5.86. The summed E-state index contributed by atoms with van der Waals surface area (Å²) in [6.45, 7) is 1.78. The van der Waals surface area contributed by atoms with Crippen LogP contribution in [0.5, 0.6) is 5.75 Å². The molecule has 0 bridgehead atoms. The number of benzene rings is 2. The van der Waals surface area contributed by atoms with Gasteiger partial charge in [0, 0.05) is 5.02 Å². The fourth-order valence-electron chi connectivity index (χ4n) is 2.18. The molecule has 20 heavy (non-hydrogen) atoms. The van der Waals surface area contributed by atoms with E-state index in [1.165, 1.54) is 0 Å². The Labute approximate surface area is 124 Å². The summed E-state index contributed by atoms with van der Waals surface area (Å²) in [7, 11) is 0. The molecule has 104 valence electrons. The van der Waals surface area contributed by atoms with Gasteiger partial charge in [-0.25, -0.2) is 0 Å². The summed E-state index contributed by atoms with van der Waals surface area (Å²) in [6, 6.07) is 14.9. The Morgan fingerprint density at radius 2 is 1.50 bits per heavy atom. The molecule has 0 amide bonds. The van der Waals surface area contributed by atoms with Gasteiger partial charge >= 0.3 is 0 Å². The quantitative estimate of drug-likeness (QED) is 0.916. The number of rotatable bonds is 4. The molecule has 3 rings (SSSR count). The van der Waals surface area contributed by atoms with Crippen molar-refractivity contribution in [3.63, 3.8) is 0 Å². The second-order valence-electron chi connectivity index (χ2n) is 5.42. The SMILES string of the molecule is CC(O)(c1ccc(Cl)cc1)c1ccc(OC2CC2)cc1. The molecule has 1 aliphatic rings. The van der Waals surface area contributed by atoms with Gasteiger partial charge in [-0.15, -0.1) is 0 Å². The zero-order valence-corrected chi connectivity index (χ0v) is 12.1. The number of aliphatic hydroxyl groups is 1. The van der Waals surface area contributed by atoms with E-state index in [-0.39, 0.29) is 0 Å². The Hall–Kier alpha value is -1.51. The summed E-state index contributed by atoms with van der Waals surface area (Å²) in [6.07, 6.45) is 2.67. The average molecular weight is 289 g/mol. The molecular weight excluding hydrogens is 272 g/mol. The van der Waals surface area contributed by atoms with Crippen LogP contribution in [-0.4, -0.2) is 11.2 Å². The van der Waals surface area contributed by atoms with E-state index in [2.05, 4.69) is 0 Å². The third-order valence-electron chi connectivity index (χ3n) is 3.65. The lowest BCUT2D eigenvalue weighted by Crippen LogP contribution is -2.22. The van der Waals surface area contributed by atoms with Crippen molar-refractivity contribution < 1.29 is 9.84 Å². The highest BCUT2D eigenvalue weighted by molar-refractivity contribution is 6.30. The van der Waals surface area contributed by atoms with E-state index in [4.69, 9.17) is 16.3 Å². The number of hydrogen-bond acceptors (Lipinski definition) is 2. The fraction of sp³-hybridized carbons (Fsp3) is 0.294. The van der Waals surface area contributed by atoms with Crippen molar-refractivity contribution in [3.05, 3.63) is 64.7 Å². The predicted octanol–water partition coefficient (Wildman–Crippen LogP) is 4.14. The van der Waals surface area contributed by atoms with Crippen molar-refractivity contribution in [2.24, 2.45) is 0 Å². The molecule has 3 heteroatoms.